The Labute approximate surface area is 295 Å². The van der Waals surface area contributed by atoms with E-state index in [0.29, 0.717) is 32.2 Å². The second kappa shape index (κ2) is 19.2. The van der Waals surface area contributed by atoms with Crippen LogP contribution in [-0.2, 0) is 25.6 Å². The number of hydrogen-bond donors (Lipinski definition) is 5. The van der Waals surface area contributed by atoms with Crippen molar-refractivity contribution in [3.63, 3.8) is 0 Å². The highest BCUT2D eigenvalue weighted by Crippen LogP contribution is 2.23. The van der Waals surface area contributed by atoms with E-state index >= 15 is 0 Å². The van der Waals surface area contributed by atoms with Gasteiger partial charge < -0.3 is 27.0 Å². The first-order chi connectivity index (χ1) is 24.2. The molecule has 0 aliphatic heterocycles. The Hall–Kier alpha value is -5.02. The first-order valence-corrected chi connectivity index (χ1v) is 17.7. The summed E-state index contributed by atoms with van der Waals surface area (Å²) in [5.74, 6) is -1.76. The topological polar surface area (TPSA) is 142 Å². The predicted molar refractivity (Wildman–Crippen MR) is 199 cm³/mol. The van der Waals surface area contributed by atoms with Gasteiger partial charge >= 0.3 is 0 Å². The fourth-order valence-corrected chi connectivity index (χ4v) is 5.98. The van der Waals surface area contributed by atoms with Crippen molar-refractivity contribution in [1.82, 2.24) is 21.3 Å². The quantitative estimate of drug-likeness (QED) is 0.0906. The summed E-state index contributed by atoms with van der Waals surface area (Å²) in [5, 5.41) is 14.0. The molecular formula is C41H51N5O4. The van der Waals surface area contributed by atoms with Crippen LogP contribution in [0.5, 0.6) is 0 Å². The van der Waals surface area contributed by atoms with Crippen molar-refractivity contribution in [3.8, 4) is 0 Å². The third kappa shape index (κ3) is 10.7. The SMILES string of the molecule is CCC(=O)N[C@@H](Cc1ccc2ccccc2c1)C(=O)N[C@H](C(=O)N[C@@H](CCCCN)C(=O)NC(c1ccccc1)c1ccccc1)[C@@H](C)CC. The molecule has 0 bridgehead atoms. The first kappa shape index (κ1) is 37.8. The van der Waals surface area contributed by atoms with Crippen LogP contribution in [0.1, 0.15) is 75.6 Å². The van der Waals surface area contributed by atoms with Gasteiger partial charge in [0.25, 0.3) is 0 Å². The van der Waals surface area contributed by atoms with E-state index in [1.165, 1.54) is 0 Å². The van der Waals surface area contributed by atoms with Gasteiger partial charge in [-0.15, -0.1) is 0 Å². The Kier molecular flexibility index (Phi) is 14.5. The molecule has 4 atom stereocenters. The number of benzene rings is 4. The summed E-state index contributed by atoms with van der Waals surface area (Å²) < 4.78 is 0. The molecule has 9 heteroatoms. The molecule has 0 aliphatic carbocycles. The molecule has 0 spiro atoms. The van der Waals surface area contributed by atoms with Crippen LogP contribution < -0.4 is 27.0 Å². The lowest BCUT2D eigenvalue weighted by Crippen LogP contribution is -2.59. The molecule has 0 aromatic heterocycles. The lowest BCUT2D eigenvalue weighted by atomic mass is 9.95. The van der Waals surface area contributed by atoms with Gasteiger partial charge in [0, 0.05) is 12.8 Å². The molecule has 6 N–H and O–H groups in total. The lowest BCUT2D eigenvalue weighted by molar-refractivity contribution is -0.134. The maximum Gasteiger partial charge on any atom is 0.243 e. The minimum Gasteiger partial charge on any atom is -0.344 e. The predicted octanol–water partition coefficient (Wildman–Crippen LogP) is 5.33. The molecule has 0 saturated heterocycles. The van der Waals surface area contributed by atoms with Crippen LogP contribution in [-0.4, -0.2) is 48.3 Å². The van der Waals surface area contributed by atoms with Crippen molar-refractivity contribution in [2.75, 3.05) is 6.54 Å². The normalized spacial score (nSPS) is 13.5. The third-order valence-corrected chi connectivity index (χ3v) is 9.15. The van der Waals surface area contributed by atoms with Crippen LogP contribution in [0.25, 0.3) is 10.8 Å². The van der Waals surface area contributed by atoms with Crippen molar-refractivity contribution in [1.29, 1.82) is 0 Å². The van der Waals surface area contributed by atoms with Crippen LogP contribution in [0, 0.1) is 5.92 Å². The van der Waals surface area contributed by atoms with E-state index in [4.69, 9.17) is 5.73 Å². The van der Waals surface area contributed by atoms with Crippen molar-refractivity contribution >= 4 is 34.4 Å². The van der Waals surface area contributed by atoms with Gasteiger partial charge in [-0.2, -0.15) is 0 Å². The summed E-state index contributed by atoms with van der Waals surface area (Å²) >= 11 is 0. The van der Waals surface area contributed by atoms with Crippen molar-refractivity contribution in [2.45, 2.75) is 83.5 Å². The molecule has 0 heterocycles. The first-order valence-electron chi connectivity index (χ1n) is 17.7. The van der Waals surface area contributed by atoms with Crippen LogP contribution >= 0.6 is 0 Å². The maximum absolute atomic E-state index is 14.0. The van der Waals surface area contributed by atoms with E-state index in [1.807, 2.05) is 117 Å². The van der Waals surface area contributed by atoms with E-state index in [0.717, 1.165) is 27.5 Å². The molecule has 0 unspecified atom stereocenters. The summed E-state index contributed by atoms with van der Waals surface area (Å²) in [5.41, 5.74) is 8.48. The molecule has 4 rings (SSSR count). The van der Waals surface area contributed by atoms with Crippen LogP contribution in [0.15, 0.2) is 103 Å². The number of amides is 4. The highest BCUT2D eigenvalue weighted by Gasteiger charge is 2.33. The van der Waals surface area contributed by atoms with Crippen molar-refractivity contribution in [2.24, 2.45) is 11.7 Å². The summed E-state index contributed by atoms with van der Waals surface area (Å²) in [6.45, 7) is 6.02. The molecule has 0 saturated carbocycles. The molecule has 4 aromatic carbocycles. The molecule has 4 amide bonds. The molecular weight excluding hydrogens is 626 g/mol. The number of hydrogen-bond acceptors (Lipinski definition) is 5. The Balaban J connectivity index is 1.55. The van der Waals surface area contributed by atoms with E-state index in [-0.39, 0.29) is 30.6 Å². The largest absolute Gasteiger partial charge is 0.344 e. The zero-order valence-electron chi connectivity index (χ0n) is 29.4. The number of carbonyl (C=O) groups is 4. The average molecular weight is 678 g/mol. The number of unbranched alkanes of at least 4 members (excludes halogenated alkanes) is 1. The lowest BCUT2D eigenvalue weighted by Gasteiger charge is -2.29. The summed E-state index contributed by atoms with van der Waals surface area (Å²) in [6, 6.07) is 30.1. The van der Waals surface area contributed by atoms with Gasteiger partial charge in [0.2, 0.25) is 23.6 Å². The second-order valence-corrected chi connectivity index (χ2v) is 12.8. The van der Waals surface area contributed by atoms with Gasteiger partial charge in [0.1, 0.15) is 18.1 Å². The summed E-state index contributed by atoms with van der Waals surface area (Å²) in [7, 11) is 0. The standard InChI is InChI=1S/C41H51N5O4/c1-4-28(3)37(45-40(49)35(43-36(47)5-2)27-29-23-24-30-16-12-13-21-33(30)26-29)41(50)44-34(22-14-15-25-42)39(48)46-38(31-17-8-6-9-18-31)32-19-10-7-11-20-32/h6-13,16-21,23-24,26,28,34-35,37-38H,4-5,14-15,22,25,27,42H2,1-3H3,(H,43,47)(H,44,50)(H,45,49)(H,46,48)/t28-,34-,35-,37-/m0/s1. The summed E-state index contributed by atoms with van der Waals surface area (Å²) in [6.07, 6.45) is 2.77. The Morgan fingerprint density at radius 2 is 1.24 bits per heavy atom. The van der Waals surface area contributed by atoms with Gasteiger partial charge in [0.15, 0.2) is 0 Å². The Bertz CT molecular complexity index is 1660. The number of fused-ring (bicyclic) bond motifs is 1. The zero-order chi connectivity index (χ0) is 35.9. The molecule has 264 valence electrons. The highest BCUT2D eigenvalue weighted by atomic mass is 16.2. The minimum absolute atomic E-state index is 0.212. The minimum atomic E-state index is -0.936. The van der Waals surface area contributed by atoms with E-state index in [2.05, 4.69) is 21.3 Å². The summed E-state index contributed by atoms with van der Waals surface area (Å²) in [4.78, 5) is 54.5. The molecule has 0 fully saturated rings. The fraction of sp³-hybridized carbons (Fsp3) is 0.366. The molecule has 9 nitrogen and oxygen atoms in total. The number of rotatable bonds is 18. The Morgan fingerprint density at radius 1 is 0.640 bits per heavy atom. The smallest absolute Gasteiger partial charge is 0.243 e. The van der Waals surface area contributed by atoms with Gasteiger partial charge in [0.05, 0.1) is 6.04 Å². The molecule has 4 aromatic rings. The van der Waals surface area contributed by atoms with Gasteiger partial charge in [-0.05, 0) is 59.2 Å². The van der Waals surface area contributed by atoms with E-state index < -0.39 is 36.0 Å². The van der Waals surface area contributed by atoms with Gasteiger partial charge in [-0.25, -0.2) is 0 Å². The van der Waals surface area contributed by atoms with Gasteiger partial charge in [-0.3, -0.25) is 19.2 Å². The number of nitrogens with one attached hydrogen (secondary N) is 4. The highest BCUT2D eigenvalue weighted by molar-refractivity contribution is 5.95. The second-order valence-electron chi connectivity index (χ2n) is 12.8. The van der Waals surface area contributed by atoms with Crippen molar-refractivity contribution in [3.05, 3.63) is 120 Å². The van der Waals surface area contributed by atoms with Crippen LogP contribution in [0.3, 0.4) is 0 Å². The van der Waals surface area contributed by atoms with Gasteiger partial charge in [-0.1, -0.05) is 130 Å². The fourth-order valence-electron chi connectivity index (χ4n) is 5.98. The molecule has 0 radical (unpaired) electrons. The van der Waals surface area contributed by atoms with Crippen molar-refractivity contribution < 1.29 is 19.2 Å². The maximum atomic E-state index is 14.0. The molecule has 0 aliphatic rings. The zero-order valence-corrected chi connectivity index (χ0v) is 29.4. The molecule has 50 heavy (non-hydrogen) atoms. The Morgan fingerprint density at radius 3 is 1.84 bits per heavy atom. The van der Waals surface area contributed by atoms with Crippen LogP contribution in [0.4, 0.5) is 0 Å². The number of carbonyl (C=O) groups excluding carboxylic acids is 4. The van der Waals surface area contributed by atoms with E-state index in [1.54, 1.807) is 6.92 Å². The third-order valence-electron chi connectivity index (χ3n) is 9.15. The monoisotopic (exact) mass is 677 g/mol. The van der Waals surface area contributed by atoms with Crippen LogP contribution in [0.2, 0.25) is 0 Å². The van der Waals surface area contributed by atoms with E-state index in [9.17, 15) is 19.2 Å². The average Bonchev–Trinajstić information content (AvgIpc) is 3.15. The number of nitrogens with two attached hydrogens (primary N) is 1.